The maximum atomic E-state index is 15.1. The molecule has 0 bridgehead atoms. The summed E-state index contributed by atoms with van der Waals surface area (Å²) in [6.07, 6.45) is -0.341. The molecule has 0 fully saturated rings. The van der Waals surface area contributed by atoms with Crippen LogP contribution >= 0.6 is 11.6 Å². The molecule has 6 rings (SSSR count). The van der Waals surface area contributed by atoms with Crippen LogP contribution in [0.3, 0.4) is 0 Å². The summed E-state index contributed by atoms with van der Waals surface area (Å²) in [6, 6.07) is 20.0. The number of aldehydes is 1. The van der Waals surface area contributed by atoms with Crippen LogP contribution in [-0.4, -0.2) is 48.9 Å². The molecule has 14 heteroatoms. The minimum atomic E-state index is -2.92. The Morgan fingerprint density at radius 3 is 2.53 bits per heavy atom. The molecular formula is C37H34ClF2N7O4. The second kappa shape index (κ2) is 14.0. The number of rotatable bonds is 9. The van der Waals surface area contributed by atoms with Crippen molar-refractivity contribution >= 4 is 46.6 Å². The van der Waals surface area contributed by atoms with E-state index < -0.39 is 41.2 Å². The molecule has 3 heterocycles. The van der Waals surface area contributed by atoms with Gasteiger partial charge in [0.05, 0.1) is 16.8 Å². The second-order valence-corrected chi connectivity index (χ2v) is 13.8. The molecule has 2 aromatic heterocycles. The molecule has 1 aliphatic rings. The summed E-state index contributed by atoms with van der Waals surface area (Å²) in [5.41, 5.74) is 0.175. The highest BCUT2D eigenvalue weighted by Crippen LogP contribution is 2.46. The van der Waals surface area contributed by atoms with E-state index in [1.807, 2.05) is 51.1 Å². The Kier molecular flexibility index (Phi) is 9.67. The summed E-state index contributed by atoms with van der Waals surface area (Å²) < 4.78 is 34.1. The number of guanidine groups is 1. The molecule has 0 saturated carbocycles. The lowest BCUT2D eigenvalue weighted by molar-refractivity contribution is -0.134. The number of halogens is 3. The first-order chi connectivity index (χ1) is 24.3. The Balaban J connectivity index is 1.46. The van der Waals surface area contributed by atoms with Crippen molar-refractivity contribution < 1.29 is 27.9 Å². The second-order valence-electron chi connectivity index (χ2n) is 13.4. The molecule has 0 spiro atoms. The average molecular weight is 714 g/mol. The van der Waals surface area contributed by atoms with Gasteiger partial charge in [-0.3, -0.25) is 24.8 Å². The number of aliphatic imine (C=N–C) groups is 1. The van der Waals surface area contributed by atoms with Gasteiger partial charge in [0, 0.05) is 11.6 Å². The monoisotopic (exact) mass is 713 g/mol. The van der Waals surface area contributed by atoms with Crippen molar-refractivity contribution in [2.45, 2.75) is 58.7 Å². The number of nitrogens with one attached hydrogen (secondary N) is 1. The van der Waals surface area contributed by atoms with Crippen molar-refractivity contribution in [2.75, 3.05) is 0 Å². The van der Waals surface area contributed by atoms with Gasteiger partial charge in [-0.25, -0.2) is 28.2 Å². The zero-order chi connectivity index (χ0) is 36.5. The van der Waals surface area contributed by atoms with Crippen molar-refractivity contribution in [3.05, 3.63) is 119 Å². The molecule has 1 N–H and O–H groups in total. The maximum absolute atomic E-state index is 15.1. The summed E-state index contributed by atoms with van der Waals surface area (Å²) in [4.78, 5) is 54.3. The van der Waals surface area contributed by atoms with Gasteiger partial charge >= 0.3 is 6.09 Å². The molecule has 0 aliphatic carbocycles. The summed E-state index contributed by atoms with van der Waals surface area (Å²) >= 11 is 6.47. The predicted octanol–water partition coefficient (Wildman–Crippen LogP) is 7.74. The zero-order valence-corrected chi connectivity index (χ0v) is 28.9. The number of carbonyl (C=O) groups excluding carboxylic acids is 3. The van der Waals surface area contributed by atoms with Gasteiger partial charge in [-0.05, 0) is 65.1 Å². The fourth-order valence-corrected chi connectivity index (χ4v) is 6.48. The van der Waals surface area contributed by atoms with Crippen LogP contribution in [-0.2, 0) is 21.7 Å². The first-order valence-electron chi connectivity index (χ1n) is 16.0. The highest BCUT2D eigenvalue weighted by molar-refractivity contribution is 6.32. The number of hydrogen-bond donors (Lipinski definition) is 1. The summed E-state index contributed by atoms with van der Waals surface area (Å²) in [7, 11) is 0. The third-order valence-corrected chi connectivity index (χ3v) is 8.85. The van der Waals surface area contributed by atoms with Gasteiger partial charge in [0.15, 0.2) is 17.6 Å². The van der Waals surface area contributed by atoms with Crippen LogP contribution in [0.4, 0.5) is 13.6 Å². The molecule has 0 unspecified atom stereocenters. The van der Waals surface area contributed by atoms with Gasteiger partial charge in [0.25, 0.3) is 12.3 Å². The molecule has 2 amide bonds. The van der Waals surface area contributed by atoms with E-state index in [0.717, 1.165) is 16.6 Å². The highest BCUT2D eigenvalue weighted by atomic mass is 35.5. The van der Waals surface area contributed by atoms with E-state index >= 15 is 4.79 Å². The number of benzene rings is 3. The largest absolute Gasteiger partial charge is 0.444 e. The van der Waals surface area contributed by atoms with Gasteiger partial charge in [-0.1, -0.05) is 80.9 Å². The minimum absolute atomic E-state index is 0.0285. The Morgan fingerprint density at radius 1 is 1.06 bits per heavy atom. The van der Waals surface area contributed by atoms with E-state index in [9.17, 15) is 18.4 Å². The lowest BCUT2D eigenvalue weighted by atomic mass is 9.75. The summed E-state index contributed by atoms with van der Waals surface area (Å²) in [5, 5.41) is 8.08. The van der Waals surface area contributed by atoms with Gasteiger partial charge in [-0.2, -0.15) is 5.10 Å². The van der Waals surface area contributed by atoms with Crippen molar-refractivity contribution in [3.63, 3.8) is 0 Å². The van der Waals surface area contributed by atoms with Crippen molar-refractivity contribution in [1.82, 2.24) is 30.0 Å². The standard InChI is InChI=1S/C37H34ClF2N7O4/c1-22(24-10-13-28(38)30(17-24)47-32(31(39)40)42-21-43-47)46-33(49)37(20-36(2,3)4,26-11-12-27-25(16-26)14-15-41-29(27)18-48)45-34(46)44-35(50)51-19-23-8-6-5-7-9-23/h5-18,21-22,31H,19-20H2,1-4H3,(H,44,45,50)/t22-,37+/m0/s1. The number of alkyl halides is 2. The van der Waals surface area contributed by atoms with Crippen LogP contribution in [0.2, 0.25) is 5.02 Å². The molecule has 3 aromatic carbocycles. The maximum Gasteiger partial charge on any atom is 0.414 e. The number of ether oxygens (including phenoxy) is 1. The minimum Gasteiger partial charge on any atom is -0.444 e. The van der Waals surface area contributed by atoms with Crippen LogP contribution in [0.25, 0.3) is 16.5 Å². The van der Waals surface area contributed by atoms with Crippen LogP contribution in [0.15, 0.2) is 90.3 Å². The lowest BCUT2D eigenvalue weighted by Crippen LogP contribution is -2.48. The number of nitrogens with zero attached hydrogens (tertiary/aromatic N) is 6. The average Bonchev–Trinajstić information content (AvgIpc) is 3.70. The Hall–Kier alpha value is -5.56. The SMILES string of the molecule is C[C@@H](c1ccc(Cl)c(-n2ncnc2C(F)F)c1)N1C(=O)[C@@](CC(C)(C)C)(c2ccc3c(C=O)nccc3c2)N=C1NC(=O)OCc1ccccc1. The number of carbonyl (C=O) groups is 3. The topological polar surface area (TPSA) is 132 Å². The van der Waals surface area contributed by atoms with E-state index in [4.69, 9.17) is 21.3 Å². The molecule has 11 nitrogen and oxygen atoms in total. The van der Waals surface area contributed by atoms with Gasteiger partial charge in [0.2, 0.25) is 5.96 Å². The Morgan fingerprint density at radius 2 is 1.82 bits per heavy atom. The smallest absolute Gasteiger partial charge is 0.414 e. The number of hydrogen-bond acceptors (Lipinski definition) is 8. The molecular weight excluding hydrogens is 680 g/mol. The molecule has 2 atom stereocenters. The zero-order valence-electron chi connectivity index (χ0n) is 28.2. The molecule has 0 radical (unpaired) electrons. The quantitative estimate of drug-likeness (QED) is 0.155. The van der Waals surface area contributed by atoms with Gasteiger partial charge in [-0.15, -0.1) is 0 Å². The lowest BCUT2D eigenvalue weighted by Gasteiger charge is -2.34. The van der Waals surface area contributed by atoms with Crippen LogP contribution in [0.1, 0.15) is 79.6 Å². The first kappa shape index (κ1) is 35.3. The number of pyridine rings is 1. The predicted molar refractivity (Wildman–Crippen MR) is 187 cm³/mol. The number of aromatic nitrogens is 4. The fourth-order valence-electron chi connectivity index (χ4n) is 6.29. The van der Waals surface area contributed by atoms with E-state index in [0.29, 0.717) is 28.2 Å². The fraction of sp³-hybridized carbons (Fsp3) is 0.270. The molecule has 5 aromatic rings. The van der Waals surface area contributed by atoms with E-state index in [2.05, 4.69) is 20.4 Å². The van der Waals surface area contributed by atoms with Gasteiger partial charge in [0.1, 0.15) is 18.6 Å². The number of amides is 2. The van der Waals surface area contributed by atoms with Crippen molar-refractivity contribution in [2.24, 2.45) is 10.4 Å². The van der Waals surface area contributed by atoms with E-state index in [-0.39, 0.29) is 35.4 Å². The Bertz CT molecular complexity index is 2150. The van der Waals surface area contributed by atoms with Crippen LogP contribution < -0.4 is 5.32 Å². The van der Waals surface area contributed by atoms with E-state index in [1.54, 1.807) is 43.3 Å². The van der Waals surface area contributed by atoms with Crippen LogP contribution in [0.5, 0.6) is 0 Å². The number of alkyl carbamates (subject to hydrolysis) is 1. The third-order valence-electron chi connectivity index (χ3n) is 8.53. The van der Waals surface area contributed by atoms with Crippen molar-refractivity contribution in [3.8, 4) is 5.69 Å². The van der Waals surface area contributed by atoms with E-state index in [1.165, 1.54) is 17.2 Å². The van der Waals surface area contributed by atoms with Crippen LogP contribution in [0, 0.1) is 5.41 Å². The summed E-state index contributed by atoms with van der Waals surface area (Å²) in [5.74, 6) is -1.11. The summed E-state index contributed by atoms with van der Waals surface area (Å²) in [6.45, 7) is 7.63. The third kappa shape index (κ3) is 7.07. The molecule has 1 aliphatic heterocycles. The normalized spacial score (nSPS) is 16.7. The van der Waals surface area contributed by atoms with Crippen molar-refractivity contribution in [1.29, 1.82) is 0 Å². The first-order valence-corrected chi connectivity index (χ1v) is 16.4. The molecule has 262 valence electrons. The molecule has 51 heavy (non-hydrogen) atoms. The number of fused-ring (bicyclic) bond motifs is 1. The Labute approximate surface area is 297 Å². The van der Waals surface area contributed by atoms with Gasteiger partial charge < -0.3 is 4.74 Å². The molecule has 0 saturated heterocycles. The highest BCUT2D eigenvalue weighted by Gasteiger charge is 2.53.